The van der Waals surface area contributed by atoms with Crippen molar-refractivity contribution in [2.45, 2.75) is 4.90 Å². The minimum atomic E-state index is -3.70. The normalized spacial score (nSPS) is 11.3. The Kier molecular flexibility index (Phi) is 3.64. The van der Waals surface area contributed by atoms with E-state index in [9.17, 15) is 8.42 Å². The molecule has 0 radical (unpaired) electrons. The van der Waals surface area contributed by atoms with Crippen LogP contribution in [0.2, 0.25) is 0 Å². The summed E-state index contributed by atoms with van der Waals surface area (Å²) in [6.45, 7) is 0. The fourth-order valence-electron chi connectivity index (χ4n) is 2.13. The van der Waals surface area contributed by atoms with E-state index in [1.807, 2.05) is 6.07 Å². The third kappa shape index (κ3) is 2.46. The zero-order valence-electron chi connectivity index (χ0n) is 11.9. The molecule has 0 bridgehead atoms. The van der Waals surface area contributed by atoms with Gasteiger partial charge in [-0.05, 0) is 24.3 Å². The summed E-state index contributed by atoms with van der Waals surface area (Å²) in [5.41, 5.74) is 1.05. The Bertz CT molecular complexity index is 862. The summed E-state index contributed by atoms with van der Waals surface area (Å²) in [6.07, 6.45) is 3.11. The maximum atomic E-state index is 12.9. The molecule has 0 aliphatic rings. The van der Waals surface area contributed by atoms with E-state index < -0.39 is 10.0 Å². The van der Waals surface area contributed by atoms with Crippen LogP contribution in [0, 0.1) is 0 Å². The van der Waals surface area contributed by atoms with Gasteiger partial charge in [0.15, 0.2) is 0 Å². The molecule has 6 nitrogen and oxygen atoms in total. The highest BCUT2D eigenvalue weighted by Crippen LogP contribution is 2.25. The first-order valence-electron chi connectivity index (χ1n) is 6.60. The van der Waals surface area contributed by atoms with Crippen molar-refractivity contribution in [2.75, 3.05) is 11.4 Å². The molecule has 0 saturated heterocycles. The molecule has 1 aromatic heterocycles. The summed E-state index contributed by atoms with van der Waals surface area (Å²) in [6, 6.07) is 15.6. The minimum absolute atomic E-state index is 0.173. The van der Waals surface area contributed by atoms with Gasteiger partial charge in [-0.1, -0.05) is 35.5 Å². The second kappa shape index (κ2) is 5.61. The van der Waals surface area contributed by atoms with E-state index in [4.69, 9.17) is 0 Å². The minimum Gasteiger partial charge on any atom is -0.269 e. The topological polar surface area (TPSA) is 68.1 Å². The molecule has 2 aromatic carbocycles. The average molecular weight is 314 g/mol. The van der Waals surface area contributed by atoms with Crippen LogP contribution in [-0.4, -0.2) is 30.5 Å². The van der Waals surface area contributed by atoms with Gasteiger partial charge < -0.3 is 0 Å². The summed E-state index contributed by atoms with van der Waals surface area (Å²) in [4.78, 5) is 0.173. The molecule has 0 atom stereocenters. The highest BCUT2D eigenvalue weighted by Gasteiger charge is 2.25. The van der Waals surface area contributed by atoms with Crippen LogP contribution >= 0.6 is 0 Å². The SMILES string of the molecule is CN(c1ccccc1)S(=O)(=O)c1ccccc1-n1ccnn1. The summed E-state index contributed by atoms with van der Waals surface area (Å²) in [5.74, 6) is 0. The second-order valence-electron chi connectivity index (χ2n) is 4.62. The number of hydrogen-bond acceptors (Lipinski definition) is 4. The molecule has 0 amide bonds. The van der Waals surface area contributed by atoms with Gasteiger partial charge in [0, 0.05) is 7.05 Å². The molecular weight excluding hydrogens is 300 g/mol. The lowest BCUT2D eigenvalue weighted by Gasteiger charge is -2.21. The summed E-state index contributed by atoms with van der Waals surface area (Å²) >= 11 is 0. The van der Waals surface area contributed by atoms with Crippen LogP contribution in [0.15, 0.2) is 71.9 Å². The van der Waals surface area contributed by atoms with Crippen LogP contribution < -0.4 is 4.31 Å². The lowest BCUT2D eigenvalue weighted by molar-refractivity contribution is 0.593. The lowest BCUT2D eigenvalue weighted by atomic mass is 10.3. The first kappa shape index (κ1) is 14.3. The third-order valence-corrected chi connectivity index (χ3v) is 5.13. The molecule has 0 spiro atoms. The molecule has 0 unspecified atom stereocenters. The fourth-order valence-corrected chi connectivity index (χ4v) is 3.50. The van der Waals surface area contributed by atoms with Crippen molar-refractivity contribution in [3.8, 4) is 5.69 Å². The first-order valence-corrected chi connectivity index (χ1v) is 8.04. The lowest BCUT2D eigenvalue weighted by Crippen LogP contribution is -2.27. The number of para-hydroxylation sites is 2. The monoisotopic (exact) mass is 314 g/mol. The van der Waals surface area contributed by atoms with Gasteiger partial charge in [0.05, 0.1) is 23.8 Å². The fraction of sp³-hybridized carbons (Fsp3) is 0.0667. The molecule has 0 fully saturated rings. The average Bonchev–Trinajstić information content (AvgIpc) is 3.09. The molecule has 112 valence electrons. The van der Waals surface area contributed by atoms with E-state index >= 15 is 0 Å². The number of sulfonamides is 1. The van der Waals surface area contributed by atoms with E-state index in [1.54, 1.807) is 54.7 Å². The molecule has 0 aliphatic carbocycles. The van der Waals surface area contributed by atoms with Crippen molar-refractivity contribution in [1.29, 1.82) is 0 Å². The van der Waals surface area contributed by atoms with Gasteiger partial charge in [-0.2, -0.15) is 0 Å². The quantitative estimate of drug-likeness (QED) is 0.739. The molecule has 1 heterocycles. The number of anilines is 1. The Morgan fingerprint density at radius 1 is 1.00 bits per heavy atom. The highest BCUT2D eigenvalue weighted by molar-refractivity contribution is 7.93. The van der Waals surface area contributed by atoms with Crippen LogP contribution in [0.5, 0.6) is 0 Å². The summed E-state index contributed by atoms with van der Waals surface area (Å²) in [7, 11) is -2.17. The molecule has 0 saturated carbocycles. The van der Waals surface area contributed by atoms with E-state index in [0.29, 0.717) is 11.4 Å². The number of aromatic nitrogens is 3. The van der Waals surface area contributed by atoms with Gasteiger partial charge in [0.1, 0.15) is 4.90 Å². The van der Waals surface area contributed by atoms with Crippen LogP contribution in [0.25, 0.3) is 5.69 Å². The first-order chi connectivity index (χ1) is 10.6. The Hall–Kier alpha value is -2.67. The molecule has 0 N–H and O–H groups in total. The van der Waals surface area contributed by atoms with Crippen molar-refractivity contribution >= 4 is 15.7 Å². The van der Waals surface area contributed by atoms with E-state index in [-0.39, 0.29) is 4.90 Å². The van der Waals surface area contributed by atoms with Crippen molar-refractivity contribution < 1.29 is 8.42 Å². The van der Waals surface area contributed by atoms with Crippen molar-refractivity contribution in [3.05, 3.63) is 67.0 Å². The van der Waals surface area contributed by atoms with Gasteiger partial charge in [-0.25, -0.2) is 13.1 Å². The molecule has 3 aromatic rings. The van der Waals surface area contributed by atoms with Gasteiger partial charge in [0.2, 0.25) is 0 Å². The predicted octanol–water partition coefficient (Wildman–Crippen LogP) is 2.09. The van der Waals surface area contributed by atoms with Gasteiger partial charge in [-0.15, -0.1) is 5.10 Å². The van der Waals surface area contributed by atoms with Crippen molar-refractivity contribution in [2.24, 2.45) is 0 Å². The van der Waals surface area contributed by atoms with Gasteiger partial charge in [0.25, 0.3) is 10.0 Å². The van der Waals surface area contributed by atoms with Gasteiger partial charge in [-0.3, -0.25) is 4.31 Å². The summed E-state index contributed by atoms with van der Waals surface area (Å²) in [5, 5.41) is 7.61. The van der Waals surface area contributed by atoms with Crippen LogP contribution in [-0.2, 0) is 10.0 Å². The van der Waals surface area contributed by atoms with Crippen LogP contribution in [0.4, 0.5) is 5.69 Å². The molecule has 7 heteroatoms. The number of benzene rings is 2. The predicted molar refractivity (Wildman–Crippen MR) is 83.4 cm³/mol. The second-order valence-corrected chi connectivity index (χ2v) is 6.56. The molecular formula is C15H14N4O2S. The van der Waals surface area contributed by atoms with Crippen LogP contribution in [0.3, 0.4) is 0 Å². The highest BCUT2D eigenvalue weighted by atomic mass is 32.2. The number of nitrogens with zero attached hydrogens (tertiary/aromatic N) is 4. The Morgan fingerprint density at radius 2 is 1.68 bits per heavy atom. The zero-order valence-corrected chi connectivity index (χ0v) is 12.7. The number of hydrogen-bond donors (Lipinski definition) is 0. The Labute approximate surface area is 128 Å². The molecule has 0 aliphatic heterocycles. The zero-order chi connectivity index (χ0) is 15.6. The van der Waals surface area contributed by atoms with E-state index in [2.05, 4.69) is 10.3 Å². The van der Waals surface area contributed by atoms with Crippen molar-refractivity contribution in [1.82, 2.24) is 15.0 Å². The van der Waals surface area contributed by atoms with E-state index in [0.717, 1.165) is 0 Å². The third-order valence-electron chi connectivity index (χ3n) is 3.29. The largest absolute Gasteiger partial charge is 0.269 e. The maximum Gasteiger partial charge on any atom is 0.266 e. The summed E-state index contributed by atoms with van der Waals surface area (Å²) < 4.78 is 28.5. The molecule has 3 rings (SSSR count). The van der Waals surface area contributed by atoms with E-state index in [1.165, 1.54) is 22.2 Å². The Balaban J connectivity index is 2.11. The Morgan fingerprint density at radius 3 is 2.36 bits per heavy atom. The van der Waals surface area contributed by atoms with Crippen molar-refractivity contribution in [3.63, 3.8) is 0 Å². The molecule has 22 heavy (non-hydrogen) atoms. The number of rotatable bonds is 4. The maximum absolute atomic E-state index is 12.9. The van der Waals surface area contributed by atoms with Crippen LogP contribution in [0.1, 0.15) is 0 Å². The smallest absolute Gasteiger partial charge is 0.266 e. The van der Waals surface area contributed by atoms with Gasteiger partial charge >= 0.3 is 0 Å². The standard InChI is InChI=1S/C15H14N4O2S/c1-18(13-7-3-2-4-8-13)22(20,21)15-10-6-5-9-14(15)19-12-11-16-17-19/h2-12H,1H3.